The molecule has 1 aliphatic rings. The van der Waals surface area contributed by atoms with E-state index in [4.69, 9.17) is 10.8 Å². The fourth-order valence-electron chi connectivity index (χ4n) is 2.93. The van der Waals surface area contributed by atoms with E-state index >= 15 is 0 Å². The number of anilines is 2. The molecular weight excluding hydrogens is 412 g/mol. The molecule has 0 bridgehead atoms. The van der Waals surface area contributed by atoms with Gasteiger partial charge in [0, 0.05) is 38.5 Å². The molecule has 2 aromatic heterocycles. The van der Waals surface area contributed by atoms with Crippen LogP contribution in [-0.2, 0) is 4.79 Å². The summed E-state index contributed by atoms with van der Waals surface area (Å²) >= 11 is 0. The standard InChI is InChI=1S/C21H26N8O3/c1-23-11-17(18(22)21(32)29(2)7-8-30)28-20(31)19-16(26-14-9-24-12-25-10-14)6-5-15(27-19)13-3-4-13/h5-6,9-13,26,30H,3-4,7-8,22H2,1-2H3,(H,28,31). The Bertz CT molecular complexity index is 1030. The third kappa shape index (κ3) is 5.64. The van der Waals surface area contributed by atoms with Gasteiger partial charge in [-0.1, -0.05) is 0 Å². The fourth-order valence-corrected chi connectivity index (χ4v) is 2.93. The van der Waals surface area contributed by atoms with E-state index in [0.29, 0.717) is 17.3 Å². The van der Waals surface area contributed by atoms with E-state index < -0.39 is 11.8 Å². The van der Waals surface area contributed by atoms with Gasteiger partial charge in [-0.25, -0.2) is 15.0 Å². The van der Waals surface area contributed by atoms with E-state index in [1.165, 1.54) is 31.5 Å². The summed E-state index contributed by atoms with van der Waals surface area (Å²) in [5.74, 6) is -0.766. The minimum absolute atomic E-state index is 0.0416. The van der Waals surface area contributed by atoms with Gasteiger partial charge in [-0.05, 0) is 25.0 Å². The zero-order valence-corrected chi connectivity index (χ0v) is 17.9. The normalized spacial score (nSPS) is 14.1. The van der Waals surface area contributed by atoms with E-state index in [1.807, 2.05) is 6.07 Å². The predicted molar refractivity (Wildman–Crippen MR) is 119 cm³/mol. The van der Waals surface area contributed by atoms with Gasteiger partial charge >= 0.3 is 0 Å². The molecule has 2 aromatic rings. The second-order valence-electron chi connectivity index (χ2n) is 7.28. The van der Waals surface area contributed by atoms with Crippen molar-refractivity contribution in [2.24, 2.45) is 10.7 Å². The Morgan fingerprint density at radius 2 is 2.03 bits per heavy atom. The highest BCUT2D eigenvalue weighted by Crippen LogP contribution is 2.39. The Hall–Kier alpha value is -3.86. The Kier molecular flexibility index (Phi) is 7.45. The van der Waals surface area contributed by atoms with Gasteiger partial charge in [0.1, 0.15) is 12.0 Å². The van der Waals surface area contributed by atoms with E-state index in [9.17, 15) is 9.59 Å². The van der Waals surface area contributed by atoms with Crippen molar-refractivity contribution in [1.29, 1.82) is 0 Å². The number of aliphatic hydroxyl groups excluding tert-OH is 1. The van der Waals surface area contributed by atoms with Crippen molar-refractivity contribution in [3.63, 3.8) is 0 Å². The maximum Gasteiger partial charge on any atom is 0.276 e. The Morgan fingerprint density at radius 1 is 1.31 bits per heavy atom. The SMILES string of the molecule is CN=CC(NC(=O)c1nc(C2CC2)ccc1Nc1cncnc1)=C(N)C(=O)N(C)CCO. The molecular formula is C21H26N8O3. The molecule has 32 heavy (non-hydrogen) atoms. The highest BCUT2D eigenvalue weighted by atomic mass is 16.3. The van der Waals surface area contributed by atoms with Gasteiger partial charge in [0.2, 0.25) is 0 Å². The van der Waals surface area contributed by atoms with Crippen LogP contribution in [0, 0.1) is 0 Å². The molecule has 0 radical (unpaired) electrons. The van der Waals surface area contributed by atoms with Gasteiger partial charge < -0.3 is 26.4 Å². The molecule has 11 heteroatoms. The molecule has 1 fully saturated rings. The lowest BCUT2D eigenvalue weighted by Gasteiger charge is -2.18. The smallest absolute Gasteiger partial charge is 0.276 e. The number of hydrogen-bond acceptors (Lipinski definition) is 9. The summed E-state index contributed by atoms with van der Waals surface area (Å²) in [7, 11) is 2.99. The van der Waals surface area contributed by atoms with Crippen LogP contribution in [0.15, 0.2) is 47.2 Å². The molecule has 1 saturated carbocycles. The molecule has 0 spiro atoms. The van der Waals surface area contributed by atoms with Gasteiger partial charge in [0.15, 0.2) is 5.69 Å². The van der Waals surface area contributed by atoms with Crippen LogP contribution in [0.5, 0.6) is 0 Å². The number of nitrogens with one attached hydrogen (secondary N) is 2. The summed E-state index contributed by atoms with van der Waals surface area (Å²) in [5, 5.41) is 14.8. The lowest BCUT2D eigenvalue weighted by atomic mass is 10.2. The van der Waals surface area contributed by atoms with Crippen molar-refractivity contribution in [3.05, 3.63) is 53.6 Å². The van der Waals surface area contributed by atoms with Crippen LogP contribution in [-0.4, -0.2) is 70.2 Å². The monoisotopic (exact) mass is 438 g/mol. The van der Waals surface area contributed by atoms with Crippen LogP contribution in [0.3, 0.4) is 0 Å². The first kappa shape index (κ1) is 22.8. The molecule has 2 heterocycles. The third-order valence-corrected chi connectivity index (χ3v) is 4.78. The van der Waals surface area contributed by atoms with Crippen molar-refractivity contribution in [1.82, 2.24) is 25.2 Å². The summed E-state index contributed by atoms with van der Waals surface area (Å²) in [6.07, 6.45) is 7.90. The van der Waals surface area contributed by atoms with Gasteiger partial charge in [-0.3, -0.25) is 14.6 Å². The van der Waals surface area contributed by atoms with Crippen molar-refractivity contribution < 1.29 is 14.7 Å². The molecule has 0 saturated heterocycles. The lowest BCUT2D eigenvalue weighted by molar-refractivity contribution is -0.126. The van der Waals surface area contributed by atoms with Crippen LogP contribution in [0.25, 0.3) is 0 Å². The minimum atomic E-state index is -0.553. The molecule has 0 aromatic carbocycles. The molecule has 11 nitrogen and oxygen atoms in total. The molecule has 0 unspecified atom stereocenters. The Balaban J connectivity index is 1.92. The second kappa shape index (κ2) is 10.4. The largest absolute Gasteiger partial charge is 0.395 e. The first-order chi connectivity index (χ1) is 15.4. The second-order valence-corrected chi connectivity index (χ2v) is 7.28. The number of nitrogens with two attached hydrogens (primary N) is 1. The zero-order valence-electron chi connectivity index (χ0n) is 17.9. The van der Waals surface area contributed by atoms with Gasteiger partial charge in [-0.2, -0.15) is 0 Å². The minimum Gasteiger partial charge on any atom is -0.395 e. The van der Waals surface area contributed by atoms with Crippen LogP contribution in [0.2, 0.25) is 0 Å². The first-order valence-electron chi connectivity index (χ1n) is 10.1. The third-order valence-electron chi connectivity index (χ3n) is 4.78. The summed E-state index contributed by atoms with van der Waals surface area (Å²) in [6.45, 7) is -0.114. The summed E-state index contributed by atoms with van der Waals surface area (Å²) in [6, 6.07) is 3.66. The zero-order chi connectivity index (χ0) is 23.1. The number of carbonyl (C=O) groups is 2. The number of rotatable bonds is 9. The number of amides is 2. The number of aliphatic hydroxyl groups is 1. The molecule has 5 N–H and O–H groups in total. The van der Waals surface area contributed by atoms with Gasteiger partial charge in [-0.15, -0.1) is 0 Å². The molecule has 168 valence electrons. The number of carbonyl (C=O) groups excluding carboxylic acids is 2. The first-order valence-corrected chi connectivity index (χ1v) is 10.1. The number of pyridine rings is 1. The topological polar surface area (TPSA) is 159 Å². The predicted octanol–water partition coefficient (Wildman–Crippen LogP) is 0.544. The Morgan fingerprint density at radius 3 is 2.66 bits per heavy atom. The van der Waals surface area contributed by atoms with Crippen molar-refractivity contribution in [3.8, 4) is 0 Å². The van der Waals surface area contributed by atoms with E-state index in [1.54, 1.807) is 18.5 Å². The highest BCUT2D eigenvalue weighted by molar-refractivity contribution is 6.05. The number of hydrogen-bond donors (Lipinski definition) is 4. The van der Waals surface area contributed by atoms with Gasteiger partial charge in [0.25, 0.3) is 11.8 Å². The average Bonchev–Trinajstić information content (AvgIpc) is 3.64. The average molecular weight is 438 g/mol. The number of nitrogens with zero attached hydrogens (tertiary/aromatic N) is 5. The van der Waals surface area contributed by atoms with E-state index in [2.05, 4.69) is 30.6 Å². The van der Waals surface area contributed by atoms with Crippen molar-refractivity contribution in [2.45, 2.75) is 18.8 Å². The molecule has 2 amide bonds. The van der Waals surface area contributed by atoms with E-state index in [-0.39, 0.29) is 30.2 Å². The van der Waals surface area contributed by atoms with Crippen LogP contribution in [0.4, 0.5) is 11.4 Å². The molecule has 1 aliphatic carbocycles. The molecule has 0 atom stereocenters. The quantitative estimate of drug-likeness (QED) is 0.326. The maximum atomic E-state index is 13.2. The molecule has 3 rings (SSSR count). The summed E-state index contributed by atoms with van der Waals surface area (Å²) < 4.78 is 0. The van der Waals surface area contributed by atoms with Crippen LogP contribution >= 0.6 is 0 Å². The Labute approximate surface area is 185 Å². The van der Waals surface area contributed by atoms with E-state index in [0.717, 1.165) is 18.5 Å². The highest BCUT2D eigenvalue weighted by Gasteiger charge is 2.27. The van der Waals surface area contributed by atoms with Crippen molar-refractivity contribution >= 4 is 29.4 Å². The van der Waals surface area contributed by atoms with Crippen molar-refractivity contribution in [2.75, 3.05) is 32.6 Å². The summed E-state index contributed by atoms with van der Waals surface area (Å²) in [5.41, 5.74) is 7.86. The van der Waals surface area contributed by atoms with Crippen LogP contribution in [0.1, 0.15) is 34.9 Å². The summed E-state index contributed by atoms with van der Waals surface area (Å²) in [4.78, 5) is 43.3. The van der Waals surface area contributed by atoms with Crippen LogP contribution < -0.4 is 16.4 Å². The number of aliphatic imine (C=N–C) groups is 1. The van der Waals surface area contributed by atoms with Gasteiger partial charge in [0.05, 0.1) is 36.1 Å². The number of allylic oxidation sites excluding steroid dienone is 1. The lowest BCUT2D eigenvalue weighted by Crippen LogP contribution is -2.37. The fraction of sp³-hybridized carbons (Fsp3) is 0.333. The maximum absolute atomic E-state index is 13.2. The molecule has 0 aliphatic heterocycles. The number of likely N-dealkylation sites (N-methyl/N-ethyl adjacent to an activating group) is 1. The number of aromatic nitrogens is 3.